The molecule has 0 aromatic heterocycles. The number of hydrogen-bond donors (Lipinski definition) is 1. The maximum Gasteiger partial charge on any atom is 0.0431 e. The van der Waals surface area contributed by atoms with Gasteiger partial charge in [0.15, 0.2) is 0 Å². The Bertz CT molecular complexity index is 126. The van der Waals surface area contributed by atoms with Crippen LogP contribution in [-0.2, 0) is 0 Å². The van der Waals surface area contributed by atoms with Gasteiger partial charge < -0.3 is 5.11 Å². The number of aliphatic hydroxyl groups excluding tert-OH is 1. The molecule has 1 unspecified atom stereocenters. The molecule has 1 atom stereocenters. The van der Waals surface area contributed by atoms with Crippen molar-refractivity contribution in [2.24, 2.45) is 0 Å². The van der Waals surface area contributed by atoms with E-state index in [0.717, 1.165) is 25.9 Å². The molecule has 0 aromatic carbocycles. The SMILES string of the molecule is CC(CCCO)N1CC=CC1. The van der Waals surface area contributed by atoms with Crippen molar-refractivity contribution < 1.29 is 5.11 Å². The fourth-order valence-corrected chi connectivity index (χ4v) is 1.42. The number of hydrogen-bond acceptors (Lipinski definition) is 2. The van der Waals surface area contributed by atoms with Crippen molar-refractivity contribution in [3.05, 3.63) is 12.2 Å². The first-order valence-electron chi connectivity index (χ1n) is 4.34. The molecular weight excluding hydrogens is 138 g/mol. The molecule has 1 heterocycles. The van der Waals surface area contributed by atoms with E-state index in [-0.39, 0.29) is 0 Å². The average Bonchev–Trinajstić information content (AvgIpc) is 2.52. The molecule has 0 radical (unpaired) electrons. The van der Waals surface area contributed by atoms with Crippen LogP contribution < -0.4 is 0 Å². The van der Waals surface area contributed by atoms with Crippen LogP contribution in [0, 0.1) is 0 Å². The van der Waals surface area contributed by atoms with E-state index in [0.29, 0.717) is 12.6 Å². The predicted molar refractivity (Wildman–Crippen MR) is 46.5 cm³/mol. The van der Waals surface area contributed by atoms with Crippen LogP contribution in [-0.4, -0.2) is 35.7 Å². The first-order chi connectivity index (χ1) is 5.34. The summed E-state index contributed by atoms with van der Waals surface area (Å²) >= 11 is 0. The Labute approximate surface area is 68.5 Å². The molecule has 2 nitrogen and oxygen atoms in total. The molecule has 0 fully saturated rings. The summed E-state index contributed by atoms with van der Waals surface area (Å²) in [6.07, 6.45) is 6.45. The van der Waals surface area contributed by atoms with Gasteiger partial charge in [0.25, 0.3) is 0 Å². The summed E-state index contributed by atoms with van der Waals surface area (Å²) in [6.45, 7) is 4.73. The molecule has 0 aliphatic carbocycles. The fraction of sp³-hybridized carbons (Fsp3) is 0.778. The van der Waals surface area contributed by atoms with Gasteiger partial charge in [-0.25, -0.2) is 0 Å². The molecule has 0 aromatic rings. The van der Waals surface area contributed by atoms with Crippen molar-refractivity contribution in [1.82, 2.24) is 4.90 Å². The van der Waals surface area contributed by atoms with Gasteiger partial charge in [0.1, 0.15) is 0 Å². The number of rotatable bonds is 4. The molecule has 1 aliphatic rings. The molecule has 11 heavy (non-hydrogen) atoms. The minimum Gasteiger partial charge on any atom is -0.396 e. The summed E-state index contributed by atoms with van der Waals surface area (Å²) in [5.74, 6) is 0. The molecule has 0 saturated carbocycles. The normalized spacial score (nSPS) is 20.9. The molecule has 64 valence electrons. The van der Waals surface area contributed by atoms with Gasteiger partial charge in [-0.15, -0.1) is 0 Å². The van der Waals surface area contributed by atoms with E-state index in [2.05, 4.69) is 24.0 Å². The van der Waals surface area contributed by atoms with E-state index < -0.39 is 0 Å². The Morgan fingerprint density at radius 1 is 1.45 bits per heavy atom. The van der Waals surface area contributed by atoms with Crippen LogP contribution in [0.3, 0.4) is 0 Å². The quantitative estimate of drug-likeness (QED) is 0.613. The van der Waals surface area contributed by atoms with E-state index >= 15 is 0 Å². The molecule has 0 saturated heterocycles. The number of aliphatic hydroxyl groups is 1. The first kappa shape index (κ1) is 8.75. The van der Waals surface area contributed by atoms with Crippen molar-refractivity contribution in [3.8, 4) is 0 Å². The maximum atomic E-state index is 8.62. The minimum atomic E-state index is 0.325. The van der Waals surface area contributed by atoms with Crippen LogP contribution in [0.4, 0.5) is 0 Å². The predicted octanol–water partition coefficient (Wildman–Crippen LogP) is 1.02. The fourth-order valence-electron chi connectivity index (χ4n) is 1.42. The maximum absolute atomic E-state index is 8.62. The van der Waals surface area contributed by atoms with Crippen molar-refractivity contribution in [3.63, 3.8) is 0 Å². The monoisotopic (exact) mass is 155 g/mol. The summed E-state index contributed by atoms with van der Waals surface area (Å²) < 4.78 is 0. The molecule has 1 rings (SSSR count). The Morgan fingerprint density at radius 2 is 2.09 bits per heavy atom. The molecule has 1 aliphatic heterocycles. The lowest BCUT2D eigenvalue weighted by atomic mass is 10.1. The summed E-state index contributed by atoms with van der Waals surface area (Å²) in [7, 11) is 0. The van der Waals surface area contributed by atoms with E-state index in [1.165, 1.54) is 0 Å². The van der Waals surface area contributed by atoms with Crippen LogP contribution in [0.1, 0.15) is 19.8 Å². The molecule has 1 N–H and O–H groups in total. The number of nitrogens with zero attached hydrogens (tertiary/aromatic N) is 1. The van der Waals surface area contributed by atoms with Crippen molar-refractivity contribution in [2.45, 2.75) is 25.8 Å². The molecular formula is C9H17NO. The summed E-state index contributed by atoms with van der Waals surface area (Å²) in [5.41, 5.74) is 0. The highest BCUT2D eigenvalue weighted by Crippen LogP contribution is 2.09. The molecule has 0 amide bonds. The molecule has 0 bridgehead atoms. The molecule has 0 spiro atoms. The van der Waals surface area contributed by atoms with Crippen LogP contribution in [0.15, 0.2) is 12.2 Å². The van der Waals surface area contributed by atoms with Gasteiger partial charge in [-0.05, 0) is 19.8 Å². The average molecular weight is 155 g/mol. The van der Waals surface area contributed by atoms with Crippen molar-refractivity contribution in [2.75, 3.05) is 19.7 Å². The summed E-state index contributed by atoms with van der Waals surface area (Å²) in [4.78, 5) is 2.41. The van der Waals surface area contributed by atoms with Gasteiger partial charge in [0.05, 0.1) is 0 Å². The lowest BCUT2D eigenvalue weighted by molar-refractivity contribution is 0.223. The smallest absolute Gasteiger partial charge is 0.0431 e. The lowest BCUT2D eigenvalue weighted by Gasteiger charge is -2.23. The van der Waals surface area contributed by atoms with E-state index in [1.54, 1.807) is 0 Å². The van der Waals surface area contributed by atoms with Gasteiger partial charge >= 0.3 is 0 Å². The standard InChI is InChI=1S/C9H17NO/c1-9(5-4-8-11)10-6-2-3-7-10/h2-3,9,11H,4-8H2,1H3. The van der Waals surface area contributed by atoms with E-state index in [9.17, 15) is 0 Å². The van der Waals surface area contributed by atoms with Crippen molar-refractivity contribution in [1.29, 1.82) is 0 Å². The van der Waals surface area contributed by atoms with E-state index in [1.807, 2.05) is 0 Å². The Kier molecular flexibility index (Phi) is 3.60. The summed E-state index contributed by atoms with van der Waals surface area (Å²) in [6, 6.07) is 0.622. The lowest BCUT2D eigenvalue weighted by Crippen LogP contribution is -2.30. The Balaban J connectivity index is 2.13. The second-order valence-corrected chi connectivity index (χ2v) is 3.14. The topological polar surface area (TPSA) is 23.5 Å². The minimum absolute atomic E-state index is 0.325. The van der Waals surface area contributed by atoms with E-state index in [4.69, 9.17) is 5.11 Å². The molecule has 2 heteroatoms. The van der Waals surface area contributed by atoms with Gasteiger partial charge in [-0.3, -0.25) is 4.90 Å². The Hall–Kier alpha value is -0.340. The zero-order valence-corrected chi connectivity index (χ0v) is 7.16. The second-order valence-electron chi connectivity index (χ2n) is 3.14. The van der Waals surface area contributed by atoms with Gasteiger partial charge in [0.2, 0.25) is 0 Å². The van der Waals surface area contributed by atoms with Gasteiger partial charge in [-0.1, -0.05) is 12.2 Å². The second kappa shape index (κ2) is 4.52. The highest BCUT2D eigenvalue weighted by Gasteiger charge is 2.12. The summed E-state index contributed by atoms with van der Waals surface area (Å²) in [5, 5.41) is 8.62. The van der Waals surface area contributed by atoms with Crippen LogP contribution in [0.2, 0.25) is 0 Å². The largest absolute Gasteiger partial charge is 0.396 e. The highest BCUT2D eigenvalue weighted by atomic mass is 16.2. The third-order valence-electron chi connectivity index (χ3n) is 2.25. The first-order valence-corrected chi connectivity index (χ1v) is 4.34. The zero-order valence-electron chi connectivity index (χ0n) is 7.16. The van der Waals surface area contributed by atoms with Crippen LogP contribution in [0.25, 0.3) is 0 Å². The van der Waals surface area contributed by atoms with Crippen LogP contribution in [0.5, 0.6) is 0 Å². The van der Waals surface area contributed by atoms with Gasteiger partial charge in [-0.2, -0.15) is 0 Å². The third kappa shape index (κ3) is 2.64. The third-order valence-corrected chi connectivity index (χ3v) is 2.25. The highest BCUT2D eigenvalue weighted by molar-refractivity contribution is 4.96. The van der Waals surface area contributed by atoms with Crippen LogP contribution >= 0.6 is 0 Å². The zero-order chi connectivity index (χ0) is 8.10. The van der Waals surface area contributed by atoms with Gasteiger partial charge in [0, 0.05) is 25.7 Å². The Morgan fingerprint density at radius 3 is 2.64 bits per heavy atom. The van der Waals surface area contributed by atoms with Crippen molar-refractivity contribution >= 4 is 0 Å².